The van der Waals surface area contributed by atoms with Gasteiger partial charge in [-0.3, -0.25) is 0 Å². The molecule has 5 heteroatoms. The van der Waals surface area contributed by atoms with Crippen molar-refractivity contribution in [1.82, 2.24) is 15.0 Å². The maximum absolute atomic E-state index is 4.10. The van der Waals surface area contributed by atoms with Crippen LogP contribution in [0.15, 0.2) is 97.3 Å². The largest absolute Gasteiger partial charge is 0.355 e. The summed E-state index contributed by atoms with van der Waals surface area (Å²) in [5.41, 5.74) is 1.21. The maximum Gasteiger partial charge on any atom is 0.113 e. The molecule has 0 fully saturated rings. The van der Waals surface area contributed by atoms with Gasteiger partial charge in [0.15, 0.2) is 0 Å². The molecule has 0 unspecified atom stereocenters. The summed E-state index contributed by atoms with van der Waals surface area (Å²) in [6.07, 6.45) is 3.59. The van der Waals surface area contributed by atoms with Gasteiger partial charge in [-0.05, 0) is 24.6 Å². The molecule has 3 aromatic carbocycles. The molecule has 134 valence electrons. The van der Waals surface area contributed by atoms with Crippen LogP contribution < -0.4 is 20.8 Å². The Labute approximate surface area is 160 Å². The highest BCUT2D eigenvalue weighted by Gasteiger charge is 2.20. The third-order valence-electron chi connectivity index (χ3n) is 4.39. The number of aromatic nitrogens is 3. The van der Waals surface area contributed by atoms with Crippen LogP contribution in [0.2, 0.25) is 0 Å². The van der Waals surface area contributed by atoms with Crippen molar-refractivity contribution in [1.29, 1.82) is 0 Å². The van der Waals surface area contributed by atoms with E-state index in [9.17, 15) is 0 Å². The molecule has 1 aromatic heterocycles. The highest BCUT2D eigenvalue weighted by molar-refractivity contribution is 7.80. The van der Waals surface area contributed by atoms with Gasteiger partial charge in [-0.1, -0.05) is 84.1 Å². The summed E-state index contributed by atoms with van der Waals surface area (Å²) in [7, 11) is 1.45. The lowest BCUT2D eigenvalue weighted by Gasteiger charge is -2.27. The Hall–Kier alpha value is -2.97. The van der Waals surface area contributed by atoms with E-state index in [1.54, 1.807) is 6.20 Å². The second-order valence-electron chi connectivity index (χ2n) is 6.28. The van der Waals surface area contributed by atoms with Crippen LogP contribution >= 0.6 is 7.92 Å². The van der Waals surface area contributed by atoms with Gasteiger partial charge in [0, 0.05) is 24.2 Å². The van der Waals surface area contributed by atoms with Crippen LogP contribution in [0.4, 0.5) is 5.69 Å². The lowest BCUT2D eigenvalue weighted by Crippen LogP contribution is -2.29. The first-order valence-corrected chi connectivity index (χ1v) is 10.2. The smallest absolute Gasteiger partial charge is 0.113 e. The molecule has 0 spiro atoms. The van der Waals surface area contributed by atoms with E-state index >= 15 is 0 Å². The van der Waals surface area contributed by atoms with E-state index in [2.05, 4.69) is 107 Å². The first kappa shape index (κ1) is 17.4. The number of anilines is 1. The Morgan fingerprint density at radius 2 is 1.41 bits per heavy atom. The lowest BCUT2D eigenvalue weighted by molar-refractivity contribution is 0.584. The highest BCUT2D eigenvalue weighted by Crippen LogP contribution is 2.36. The molecule has 0 aliphatic heterocycles. The van der Waals surface area contributed by atoms with Gasteiger partial charge >= 0.3 is 0 Å². The lowest BCUT2D eigenvalue weighted by atomic mass is 10.3. The summed E-state index contributed by atoms with van der Waals surface area (Å²) >= 11 is 0. The molecule has 4 nitrogen and oxygen atoms in total. The average Bonchev–Trinajstić information content (AvgIpc) is 3.23. The van der Waals surface area contributed by atoms with Crippen LogP contribution in [0.5, 0.6) is 0 Å². The molecule has 0 radical (unpaired) electrons. The number of benzene rings is 3. The van der Waals surface area contributed by atoms with Crippen LogP contribution in [0, 0.1) is 0 Å². The minimum atomic E-state index is -0.649. The van der Waals surface area contributed by atoms with Crippen LogP contribution in [0.1, 0.15) is 0 Å². The molecule has 1 heterocycles. The number of hydrogen-bond donors (Lipinski definition) is 0. The Morgan fingerprint density at radius 1 is 0.815 bits per heavy atom. The van der Waals surface area contributed by atoms with Gasteiger partial charge in [0.05, 0.1) is 6.20 Å². The summed E-state index contributed by atoms with van der Waals surface area (Å²) in [4.78, 5) is 2.23. The topological polar surface area (TPSA) is 34.0 Å². The van der Waals surface area contributed by atoms with Crippen molar-refractivity contribution in [2.75, 3.05) is 11.9 Å². The minimum Gasteiger partial charge on any atom is -0.355 e. The summed E-state index contributed by atoms with van der Waals surface area (Å²) in [5.74, 6) is 0. The molecule has 0 saturated carbocycles. The van der Waals surface area contributed by atoms with Gasteiger partial charge in [0.25, 0.3) is 0 Å². The maximum atomic E-state index is 4.10. The van der Waals surface area contributed by atoms with Crippen molar-refractivity contribution < 1.29 is 0 Å². The molecule has 27 heavy (non-hydrogen) atoms. The molecule has 0 atom stereocenters. The van der Waals surface area contributed by atoms with E-state index in [-0.39, 0.29) is 0 Å². The SMILES string of the molecule is CN(Cn1ccnn1)c1ccccc1P(c1ccccc1)c1ccccc1. The monoisotopic (exact) mass is 372 g/mol. The molecule has 0 N–H and O–H groups in total. The van der Waals surface area contributed by atoms with Crippen molar-refractivity contribution in [3.8, 4) is 0 Å². The van der Waals surface area contributed by atoms with E-state index in [1.165, 1.54) is 21.6 Å². The highest BCUT2D eigenvalue weighted by atomic mass is 31.1. The first-order valence-electron chi connectivity index (χ1n) is 8.87. The zero-order chi connectivity index (χ0) is 18.5. The molecular weight excluding hydrogens is 351 g/mol. The number of para-hydroxylation sites is 1. The quantitative estimate of drug-likeness (QED) is 0.488. The molecule has 0 aliphatic rings. The summed E-state index contributed by atoms with van der Waals surface area (Å²) < 4.78 is 1.84. The molecule has 0 saturated heterocycles. The molecule has 0 aliphatic carbocycles. The van der Waals surface area contributed by atoms with Crippen molar-refractivity contribution in [2.24, 2.45) is 0 Å². The third-order valence-corrected chi connectivity index (χ3v) is 6.88. The second kappa shape index (κ2) is 8.15. The van der Waals surface area contributed by atoms with Crippen molar-refractivity contribution in [2.45, 2.75) is 6.67 Å². The number of nitrogens with zero attached hydrogens (tertiary/aromatic N) is 4. The van der Waals surface area contributed by atoms with Gasteiger partial charge in [0.2, 0.25) is 0 Å². The fourth-order valence-electron chi connectivity index (χ4n) is 3.16. The van der Waals surface area contributed by atoms with Gasteiger partial charge < -0.3 is 4.90 Å². The second-order valence-corrected chi connectivity index (χ2v) is 8.46. The van der Waals surface area contributed by atoms with Gasteiger partial charge in [-0.25, -0.2) is 4.68 Å². The van der Waals surface area contributed by atoms with Crippen LogP contribution in [0.25, 0.3) is 0 Å². The van der Waals surface area contributed by atoms with Crippen LogP contribution in [-0.2, 0) is 6.67 Å². The zero-order valence-corrected chi connectivity index (χ0v) is 16.1. The van der Waals surface area contributed by atoms with E-state index in [1.807, 2.05) is 10.9 Å². The Kier molecular flexibility index (Phi) is 5.27. The molecule has 0 amide bonds. The van der Waals surface area contributed by atoms with E-state index < -0.39 is 7.92 Å². The Morgan fingerprint density at radius 3 is 2.00 bits per heavy atom. The minimum absolute atomic E-state index is 0.649. The predicted molar refractivity (Wildman–Crippen MR) is 114 cm³/mol. The van der Waals surface area contributed by atoms with Crippen LogP contribution in [0.3, 0.4) is 0 Å². The standard InChI is InChI=1S/C22H21N4P/c1-25(18-26-17-16-23-24-26)21-14-8-9-15-22(21)27(19-10-4-2-5-11-19)20-12-6-3-7-13-20/h2-17H,18H2,1H3. The fraction of sp³-hybridized carbons (Fsp3) is 0.0909. The van der Waals surface area contributed by atoms with Gasteiger partial charge in [0.1, 0.15) is 6.67 Å². The van der Waals surface area contributed by atoms with E-state index in [4.69, 9.17) is 0 Å². The van der Waals surface area contributed by atoms with E-state index in [0.29, 0.717) is 6.67 Å². The summed E-state index contributed by atoms with van der Waals surface area (Å²) in [6.45, 7) is 0.657. The average molecular weight is 372 g/mol. The van der Waals surface area contributed by atoms with Gasteiger partial charge in [-0.15, -0.1) is 5.10 Å². The third kappa shape index (κ3) is 3.91. The van der Waals surface area contributed by atoms with E-state index in [0.717, 1.165) is 0 Å². The summed E-state index contributed by atoms with van der Waals surface area (Å²) in [6, 6.07) is 30.2. The number of hydrogen-bond acceptors (Lipinski definition) is 3. The molecular formula is C22H21N4P. The van der Waals surface area contributed by atoms with Crippen molar-refractivity contribution in [3.63, 3.8) is 0 Å². The normalized spacial score (nSPS) is 10.9. The summed E-state index contributed by atoms with van der Waals surface area (Å²) in [5, 5.41) is 12.1. The first-order chi connectivity index (χ1) is 13.3. The zero-order valence-electron chi connectivity index (χ0n) is 15.2. The van der Waals surface area contributed by atoms with Crippen molar-refractivity contribution >= 4 is 29.5 Å². The van der Waals surface area contributed by atoms with Crippen LogP contribution in [-0.4, -0.2) is 22.0 Å². The molecule has 4 rings (SSSR count). The predicted octanol–water partition coefficient (Wildman–Crippen LogP) is 3.13. The molecule has 0 bridgehead atoms. The number of rotatable bonds is 6. The van der Waals surface area contributed by atoms with Gasteiger partial charge in [-0.2, -0.15) is 0 Å². The molecule has 4 aromatic rings. The fourth-order valence-corrected chi connectivity index (χ4v) is 5.66. The Balaban J connectivity index is 1.79. The van der Waals surface area contributed by atoms with Crippen molar-refractivity contribution in [3.05, 3.63) is 97.3 Å². The Bertz CT molecular complexity index is 932.